The SMILES string of the molecule is CC=C(C)C(=O)O[C@H]1CC2C(O)C3C(=O)CC(CO)OC3C3C4CC5CC(O)CCC5CCC(C[C@H](CC5CCC(N)[NH2+]C5)[C@]1(C)OC23)C1C(N)NCCC41. The number of nitrogens with one attached hydrogen (secondary N) is 1. The molecule has 4 bridgehead atoms. The van der Waals surface area contributed by atoms with Gasteiger partial charge in [0, 0.05) is 36.2 Å². The number of piperidine rings is 2. The van der Waals surface area contributed by atoms with Crippen LogP contribution in [0.15, 0.2) is 11.6 Å². The van der Waals surface area contributed by atoms with E-state index < -0.39 is 48.0 Å². The number of fused-ring (bicyclic) bond motifs is 5. The number of aliphatic hydroxyl groups is 3. The number of aliphatic hydroxyl groups excluding tert-OH is 3. The molecular weight excluding hydrogens is 700 g/mol. The molecule has 0 aromatic carbocycles. The number of carbonyl (C=O) groups is 2. The number of ether oxygens (including phenoxy) is 3. The Kier molecular flexibility index (Phi) is 11.9. The summed E-state index contributed by atoms with van der Waals surface area (Å²) < 4.78 is 21.2. The second-order valence-corrected chi connectivity index (χ2v) is 19.7. The van der Waals surface area contributed by atoms with Crippen LogP contribution in [0.1, 0.15) is 104 Å². The van der Waals surface area contributed by atoms with Crippen LogP contribution in [0.25, 0.3) is 0 Å². The van der Waals surface area contributed by atoms with Gasteiger partial charge < -0.3 is 45.9 Å². The Balaban J connectivity index is 1.31. The largest absolute Gasteiger partial charge is 0.456 e. The first kappa shape index (κ1) is 40.3. The van der Waals surface area contributed by atoms with Crippen LogP contribution in [0, 0.1) is 65.1 Å². The molecule has 20 atom stereocenters. The Hall–Kier alpha value is -1.48. The first-order chi connectivity index (χ1) is 26.4. The molecule has 10 N–H and O–H groups in total. The van der Waals surface area contributed by atoms with Crippen LogP contribution in [0.3, 0.4) is 0 Å². The smallest absolute Gasteiger partial charge is 0.333 e. The molecule has 8 rings (SSSR count). The molecule has 12 heteroatoms. The van der Waals surface area contributed by atoms with Crippen molar-refractivity contribution in [2.45, 2.75) is 159 Å². The van der Waals surface area contributed by atoms with Crippen molar-refractivity contribution in [2.24, 2.45) is 76.6 Å². The molecule has 0 amide bonds. The van der Waals surface area contributed by atoms with E-state index in [0.717, 1.165) is 83.7 Å². The van der Waals surface area contributed by atoms with Crippen molar-refractivity contribution in [3.8, 4) is 0 Å². The van der Waals surface area contributed by atoms with Crippen molar-refractivity contribution in [1.29, 1.82) is 0 Å². The average Bonchev–Trinajstić information content (AvgIpc) is 3.22. The Morgan fingerprint density at radius 1 is 0.964 bits per heavy atom. The zero-order valence-electron chi connectivity index (χ0n) is 33.5. The van der Waals surface area contributed by atoms with E-state index in [9.17, 15) is 24.9 Å². The summed E-state index contributed by atoms with van der Waals surface area (Å²) in [6, 6.07) is 0. The maximum absolute atomic E-state index is 14.2. The summed E-state index contributed by atoms with van der Waals surface area (Å²) in [5, 5.41) is 40.0. The standard InChI is InChI=1S/C43H70N4O8/c1-4-21(2)42(52)54-33-18-31-38(51)37-32(50)17-28(20-48)53-40(37)36-30-16-25-15-27(49)9-8-23(25)6-7-24(35-29(30)11-12-46-41(35)45)14-26(43(33,3)55-39(31)36)13-22-5-10-34(44)47-19-22/h4,22-31,33-41,46-49,51H,5-20,44-45H2,1-3H3/p+1/t22?,23?,24?,25?,26-,27?,28?,29?,30?,31?,33-,34?,35?,36?,37?,38?,39?,40?,41?,43-/m0/s1. The van der Waals surface area contributed by atoms with Gasteiger partial charge in [0.2, 0.25) is 0 Å². The van der Waals surface area contributed by atoms with Crippen LogP contribution in [-0.4, -0.2) is 101 Å². The summed E-state index contributed by atoms with van der Waals surface area (Å²) in [4.78, 5) is 28.0. The molecule has 5 aliphatic heterocycles. The van der Waals surface area contributed by atoms with E-state index in [4.69, 9.17) is 25.7 Å². The maximum atomic E-state index is 14.2. The van der Waals surface area contributed by atoms with E-state index >= 15 is 0 Å². The summed E-state index contributed by atoms with van der Waals surface area (Å²) in [6.07, 6.45) is 8.79. The second kappa shape index (κ2) is 16.3. The lowest BCUT2D eigenvalue weighted by Gasteiger charge is -2.63. The van der Waals surface area contributed by atoms with Crippen LogP contribution >= 0.6 is 0 Å². The molecule has 3 aliphatic carbocycles. The normalized spacial score (nSPS) is 51.7. The van der Waals surface area contributed by atoms with Crippen molar-refractivity contribution >= 4 is 11.8 Å². The van der Waals surface area contributed by atoms with Crippen LogP contribution in [0.2, 0.25) is 0 Å². The number of rotatable bonds is 5. The highest BCUT2D eigenvalue weighted by Gasteiger charge is 2.66. The predicted octanol–water partition coefficient (Wildman–Crippen LogP) is 1.73. The predicted molar refractivity (Wildman–Crippen MR) is 205 cm³/mol. The number of carbonyl (C=O) groups excluding carboxylic acids is 2. The first-order valence-electron chi connectivity index (χ1n) is 22.1. The summed E-state index contributed by atoms with van der Waals surface area (Å²) >= 11 is 0. The fourth-order valence-electron chi connectivity index (χ4n) is 13.9. The molecular formula is C43H71N4O8+. The number of Topliss-reactive ketones (excluding diaryl/α,β-unsaturated/α-hetero) is 1. The Labute approximate surface area is 327 Å². The monoisotopic (exact) mass is 772 g/mol. The zero-order valence-corrected chi connectivity index (χ0v) is 33.5. The van der Waals surface area contributed by atoms with Gasteiger partial charge >= 0.3 is 5.97 Å². The Morgan fingerprint density at radius 2 is 1.75 bits per heavy atom. The topological polar surface area (TPSA) is 203 Å². The number of nitrogens with two attached hydrogens (primary N) is 3. The lowest BCUT2D eigenvalue weighted by Crippen LogP contribution is -2.95. The van der Waals surface area contributed by atoms with Gasteiger partial charge in [0.1, 0.15) is 23.7 Å². The van der Waals surface area contributed by atoms with E-state index in [1.54, 1.807) is 13.0 Å². The van der Waals surface area contributed by atoms with Gasteiger partial charge in [-0.05, 0) is 139 Å². The molecule has 0 aromatic rings. The van der Waals surface area contributed by atoms with Crippen molar-refractivity contribution in [3.05, 3.63) is 11.6 Å². The van der Waals surface area contributed by atoms with Crippen molar-refractivity contribution in [2.75, 3.05) is 19.7 Å². The molecule has 0 aromatic heterocycles. The molecule has 12 nitrogen and oxygen atoms in total. The minimum atomic E-state index is -1.04. The van der Waals surface area contributed by atoms with E-state index in [1.807, 2.05) is 6.92 Å². The molecule has 0 spiro atoms. The van der Waals surface area contributed by atoms with E-state index in [-0.39, 0.29) is 78.7 Å². The highest BCUT2D eigenvalue weighted by molar-refractivity contribution is 5.87. The minimum Gasteiger partial charge on any atom is -0.456 e. The molecule has 8 aliphatic rings. The van der Waals surface area contributed by atoms with Gasteiger partial charge in [-0.3, -0.25) is 10.5 Å². The lowest BCUT2D eigenvalue weighted by atomic mass is 9.52. The summed E-state index contributed by atoms with van der Waals surface area (Å²) in [7, 11) is 0. The average molecular weight is 772 g/mol. The highest BCUT2D eigenvalue weighted by atomic mass is 16.6. The van der Waals surface area contributed by atoms with E-state index in [2.05, 4.69) is 17.6 Å². The van der Waals surface area contributed by atoms with Gasteiger partial charge in [-0.25, -0.2) is 4.79 Å². The zero-order chi connectivity index (χ0) is 38.8. The first-order valence-corrected chi connectivity index (χ1v) is 22.1. The van der Waals surface area contributed by atoms with Gasteiger partial charge in [0.25, 0.3) is 0 Å². The Bertz CT molecular complexity index is 1420. The quantitative estimate of drug-likeness (QED) is 0.159. The van der Waals surface area contributed by atoms with Crippen molar-refractivity contribution < 1.29 is 44.4 Å². The maximum Gasteiger partial charge on any atom is 0.333 e. The van der Waals surface area contributed by atoms with Gasteiger partial charge in [0.15, 0.2) is 0 Å². The van der Waals surface area contributed by atoms with E-state index in [1.165, 1.54) is 0 Å². The number of hydrogen-bond acceptors (Lipinski definition) is 11. The molecule has 8 fully saturated rings. The second-order valence-electron chi connectivity index (χ2n) is 19.7. The van der Waals surface area contributed by atoms with Crippen LogP contribution < -0.4 is 22.1 Å². The minimum absolute atomic E-state index is 0.0283. The number of hydrogen-bond donors (Lipinski definition) is 7. The molecule has 17 unspecified atom stereocenters. The third kappa shape index (κ3) is 7.52. The van der Waals surface area contributed by atoms with Crippen LogP contribution in [0.4, 0.5) is 0 Å². The van der Waals surface area contributed by atoms with Crippen molar-refractivity contribution in [1.82, 2.24) is 5.32 Å². The number of ketones is 1. The third-order valence-electron chi connectivity index (χ3n) is 16.9. The van der Waals surface area contributed by atoms with Crippen LogP contribution in [-0.2, 0) is 23.8 Å². The molecule has 5 saturated heterocycles. The fraction of sp³-hybridized carbons (Fsp3) is 0.907. The molecule has 5 heterocycles. The van der Waals surface area contributed by atoms with Crippen molar-refractivity contribution in [3.63, 3.8) is 0 Å². The summed E-state index contributed by atoms with van der Waals surface area (Å²) in [5.41, 5.74) is 13.3. The molecule has 3 saturated carbocycles. The molecule has 310 valence electrons. The highest BCUT2D eigenvalue weighted by Crippen LogP contribution is 2.60. The third-order valence-corrected chi connectivity index (χ3v) is 16.9. The number of allylic oxidation sites excluding steroid dienone is 1. The van der Waals surface area contributed by atoms with Gasteiger partial charge in [0.05, 0.1) is 55.8 Å². The van der Waals surface area contributed by atoms with Crippen LogP contribution in [0.5, 0.6) is 0 Å². The molecule has 55 heavy (non-hydrogen) atoms. The lowest BCUT2D eigenvalue weighted by molar-refractivity contribution is -0.703. The summed E-state index contributed by atoms with van der Waals surface area (Å²) in [6.45, 7) is 7.28. The molecule has 0 radical (unpaired) electrons. The Morgan fingerprint density at radius 3 is 2.49 bits per heavy atom. The van der Waals surface area contributed by atoms with Gasteiger partial charge in [-0.2, -0.15) is 0 Å². The number of quaternary nitrogens is 1. The fourth-order valence-corrected chi connectivity index (χ4v) is 13.9. The van der Waals surface area contributed by atoms with Gasteiger partial charge in [-0.15, -0.1) is 0 Å². The van der Waals surface area contributed by atoms with E-state index in [0.29, 0.717) is 29.7 Å². The summed E-state index contributed by atoms with van der Waals surface area (Å²) in [5.74, 6) is 0.0987. The number of esters is 1. The van der Waals surface area contributed by atoms with Gasteiger partial charge in [-0.1, -0.05) is 6.08 Å².